The second kappa shape index (κ2) is 6.38. The molecule has 2 N–H and O–H groups in total. The molecule has 0 amide bonds. The molecule has 2 atom stereocenters. The second-order valence-corrected chi connectivity index (χ2v) is 2.95. The molecule has 0 aromatic heterocycles. The van der Waals surface area contributed by atoms with Crippen LogP contribution in [-0.2, 0) is 0 Å². The van der Waals surface area contributed by atoms with Gasteiger partial charge in [0.15, 0.2) is 0 Å². The first-order chi connectivity index (χ1) is 5.16. The maximum atomic E-state index is 9.27. The minimum absolute atomic E-state index is 0.275. The standard InChI is InChI=1S/C9H18O2/c1-3-4-5-9(11)7-6-8(2)10/h3,8-11H,1,4-7H2,2H3. The van der Waals surface area contributed by atoms with Crippen LogP contribution in [0.15, 0.2) is 12.7 Å². The molecule has 0 radical (unpaired) electrons. The van der Waals surface area contributed by atoms with Crippen molar-refractivity contribution in [2.45, 2.75) is 44.8 Å². The van der Waals surface area contributed by atoms with Crippen LogP contribution < -0.4 is 0 Å². The molecular formula is C9H18O2. The minimum atomic E-state index is -0.298. The third-order valence-electron chi connectivity index (χ3n) is 1.62. The summed E-state index contributed by atoms with van der Waals surface area (Å²) in [6.07, 6.45) is 4.20. The minimum Gasteiger partial charge on any atom is -0.393 e. The quantitative estimate of drug-likeness (QED) is 0.575. The van der Waals surface area contributed by atoms with Gasteiger partial charge >= 0.3 is 0 Å². The Hall–Kier alpha value is -0.340. The molecule has 2 nitrogen and oxygen atoms in total. The van der Waals surface area contributed by atoms with Gasteiger partial charge in [0.25, 0.3) is 0 Å². The molecule has 11 heavy (non-hydrogen) atoms. The molecule has 2 heteroatoms. The van der Waals surface area contributed by atoms with Gasteiger partial charge in [-0.1, -0.05) is 6.08 Å². The highest BCUT2D eigenvalue weighted by Gasteiger charge is 2.04. The van der Waals surface area contributed by atoms with E-state index in [1.54, 1.807) is 13.0 Å². The summed E-state index contributed by atoms with van der Waals surface area (Å²) in [5, 5.41) is 18.2. The van der Waals surface area contributed by atoms with Crippen molar-refractivity contribution < 1.29 is 10.2 Å². The highest BCUT2D eigenvalue weighted by Crippen LogP contribution is 2.06. The van der Waals surface area contributed by atoms with E-state index in [0.717, 1.165) is 12.8 Å². The zero-order valence-electron chi connectivity index (χ0n) is 7.16. The maximum Gasteiger partial charge on any atom is 0.0544 e. The van der Waals surface area contributed by atoms with Gasteiger partial charge in [0.1, 0.15) is 0 Å². The Morgan fingerprint density at radius 2 is 1.91 bits per heavy atom. The molecule has 0 saturated heterocycles. The molecule has 0 rings (SSSR count). The predicted octanol–water partition coefficient (Wildman–Crippen LogP) is 1.47. The Bertz CT molecular complexity index is 99.7. The molecule has 0 saturated carbocycles. The van der Waals surface area contributed by atoms with Crippen LogP contribution in [0.25, 0.3) is 0 Å². The van der Waals surface area contributed by atoms with Gasteiger partial charge in [-0.15, -0.1) is 6.58 Å². The lowest BCUT2D eigenvalue weighted by Gasteiger charge is -2.09. The van der Waals surface area contributed by atoms with Crippen molar-refractivity contribution >= 4 is 0 Å². The van der Waals surface area contributed by atoms with Crippen LogP contribution in [0.4, 0.5) is 0 Å². The van der Waals surface area contributed by atoms with E-state index in [9.17, 15) is 5.11 Å². The van der Waals surface area contributed by atoms with Crippen LogP contribution in [0.1, 0.15) is 32.6 Å². The first kappa shape index (κ1) is 10.7. The molecule has 0 aliphatic rings. The lowest BCUT2D eigenvalue weighted by atomic mass is 10.1. The van der Waals surface area contributed by atoms with E-state index >= 15 is 0 Å². The molecule has 0 aromatic carbocycles. The Kier molecular flexibility index (Phi) is 6.18. The van der Waals surface area contributed by atoms with Gasteiger partial charge in [-0.2, -0.15) is 0 Å². The fraction of sp³-hybridized carbons (Fsp3) is 0.778. The lowest BCUT2D eigenvalue weighted by Crippen LogP contribution is -2.10. The molecular weight excluding hydrogens is 140 g/mol. The fourth-order valence-corrected chi connectivity index (χ4v) is 0.888. The van der Waals surface area contributed by atoms with Crippen molar-refractivity contribution in [1.29, 1.82) is 0 Å². The summed E-state index contributed by atoms with van der Waals surface area (Å²) in [5.74, 6) is 0. The Morgan fingerprint density at radius 3 is 2.36 bits per heavy atom. The van der Waals surface area contributed by atoms with Crippen molar-refractivity contribution in [2.24, 2.45) is 0 Å². The summed E-state index contributed by atoms with van der Waals surface area (Å²) in [6.45, 7) is 5.30. The van der Waals surface area contributed by atoms with E-state index in [1.165, 1.54) is 0 Å². The topological polar surface area (TPSA) is 40.5 Å². The molecule has 0 spiro atoms. The molecule has 0 aliphatic heterocycles. The number of aliphatic hydroxyl groups excluding tert-OH is 2. The van der Waals surface area contributed by atoms with E-state index in [1.807, 2.05) is 0 Å². The summed E-state index contributed by atoms with van der Waals surface area (Å²) in [5.41, 5.74) is 0. The normalized spacial score (nSPS) is 15.9. The third kappa shape index (κ3) is 7.56. The van der Waals surface area contributed by atoms with Gasteiger partial charge in [0.05, 0.1) is 12.2 Å². The largest absolute Gasteiger partial charge is 0.393 e. The van der Waals surface area contributed by atoms with Crippen LogP contribution in [0, 0.1) is 0 Å². The summed E-state index contributed by atoms with van der Waals surface area (Å²) in [6, 6.07) is 0. The predicted molar refractivity (Wildman–Crippen MR) is 46.4 cm³/mol. The average Bonchev–Trinajstić information content (AvgIpc) is 1.97. The van der Waals surface area contributed by atoms with E-state index in [2.05, 4.69) is 6.58 Å². The number of rotatable bonds is 6. The average molecular weight is 158 g/mol. The monoisotopic (exact) mass is 158 g/mol. The molecule has 2 unspecified atom stereocenters. The van der Waals surface area contributed by atoms with Gasteiger partial charge in [0, 0.05) is 0 Å². The fourth-order valence-electron chi connectivity index (χ4n) is 0.888. The highest BCUT2D eigenvalue weighted by atomic mass is 16.3. The smallest absolute Gasteiger partial charge is 0.0544 e. The zero-order valence-corrected chi connectivity index (χ0v) is 7.16. The number of hydrogen-bond acceptors (Lipinski definition) is 2. The summed E-state index contributed by atoms with van der Waals surface area (Å²) < 4.78 is 0. The van der Waals surface area contributed by atoms with Gasteiger partial charge in [-0.3, -0.25) is 0 Å². The Morgan fingerprint density at radius 1 is 1.27 bits per heavy atom. The second-order valence-electron chi connectivity index (χ2n) is 2.95. The number of allylic oxidation sites excluding steroid dienone is 1. The molecule has 66 valence electrons. The van der Waals surface area contributed by atoms with Crippen LogP contribution in [0.2, 0.25) is 0 Å². The van der Waals surface area contributed by atoms with Crippen molar-refractivity contribution in [3.05, 3.63) is 12.7 Å². The lowest BCUT2D eigenvalue weighted by molar-refractivity contribution is 0.117. The number of hydrogen-bond donors (Lipinski definition) is 2. The SMILES string of the molecule is C=CCCC(O)CCC(C)O. The molecule has 0 heterocycles. The number of aliphatic hydroxyl groups is 2. The van der Waals surface area contributed by atoms with Crippen molar-refractivity contribution in [3.63, 3.8) is 0 Å². The van der Waals surface area contributed by atoms with E-state index < -0.39 is 0 Å². The van der Waals surface area contributed by atoms with Crippen LogP contribution in [-0.4, -0.2) is 22.4 Å². The highest BCUT2D eigenvalue weighted by molar-refractivity contribution is 4.69. The van der Waals surface area contributed by atoms with Gasteiger partial charge in [0.2, 0.25) is 0 Å². The van der Waals surface area contributed by atoms with Gasteiger partial charge in [-0.25, -0.2) is 0 Å². The Labute approximate surface area is 68.6 Å². The van der Waals surface area contributed by atoms with E-state index in [4.69, 9.17) is 5.11 Å². The van der Waals surface area contributed by atoms with Gasteiger partial charge < -0.3 is 10.2 Å². The summed E-state index contributed by atoms with van der Waals surface area (Å²) in [7, 11) is 0. The van der Waals surface area contributed by atoms with Crippen LogP contribution in [0.3, 0.4) is 0 Å². The zero-order chi connectivity index (χ0) is 8.69. The Balaban J connectivity index is 3.21. The van der Waals surface area contributed by atoms with Crippen LogP contribution >= 0.6 is 0 Å². The summed E-state index contributed by atoms with van der Waals surface area (Å²) >= 11 is 0. The van der Waals surface area contributed by atoms with E-state index in [-0.39, 0.29) is 12.2 Å². The summed E-state index contributed by atoms with van der Waals surface area (Å²) in [4.78, 5) is 0. The first-order valence-electron chi connectivity index (χ1n) is 4.13. The van der Waals surface area contributed by atoms with Gasteiger partial charge in [-0.05, 0) is 32.6 Å². The van der Waals surface area contributed by atoms with Crippen molar-refractivity contribution in [1.82, 2.24) is 0 Å². The van der Waals surface area contributed by atoms with Crippen molar-refractivity contribution in [3.8, 4) is 0 Å². The molecule has 0 aromatic rings. The van der Waals surface area contributed by atoms with E-state index in [0.29, 0.717) is 12.8 Å². The maximum absolute atomic E-state index is 9.27. The first-order valence-corrected chi connectivity index (χ1v) is 4.13. The van der Waals surface area contributed by atoms with Crippen molar-refractivity contribution in [2.75, 3.05) is 0 Å². The molecule has 0 fully saturated rings. The third-order valence-corrected chi connectivity index (χ3v) is 1.62. The molecule has 0 bridgehead atoms. The molecule has 0 aliphatic carbocycles. The van der Waals surface area contributed by atoms with Crippen LogP contribution in [0.5, 0.6) is 0 Å².